The van der Waals surface area contributed by atoms with E-state index in [9.17, 15) is 4.79 Å². The van der Waals surface area contributed by atoms with Crippen molar-refractivity contribution in [3.63, 3.8) is 0 Å². The van der Waals surface area contributed by atoms with Crippen molar-refractivity contribution in [2.45, 2.75) is 12.5 Å². The summed E-state index contributed by atoms with van der Waals surface area (Å²) in [6.07, 6.45) is 9.23. The molecule has 2 aromatic rings. The zero-order valence-electron chi connectivity index (χ0n) is 14.4. The predicted molar refractivity (Wildman–Crippen MR) is 98.5 cm³/mol. The summed E-state index contributed by atoms with van der Waals surface area (Å²) in [7, 11) is 3.32. The number of nitrogens with zero attached hydrogens (tertiary/aromatic N) is 1. The Kier molecular flexibility index (Phi) is 7.41. The second-order valence-electron chi connectivity index (χ2n) is 5.22. The monoisotopic (exact) mass is 338 g/mol. The summed E-state index contributed by atoms with van der Waals surface area (Å²) in [5.41, 5.74) is 1.07. The summed E-state index contributed by atoms with van der Waals surface area (Å²) in [6, 6.07) is 13.1. The van der Waals surface area contributed by atoms with Gasteiger partial charge in [-0.15, -0.1) is 0 Å². The zero-order valence-corrected chi connectivity index (χ0v) is 14.4. The fraction of sp³-hybridized carbons (Fsp3) is 0.200. The maximum atomic E-state index is 11.7. The molecular formula is C20H22N2O3. The van der Waals surface area contributed by atoms with Gasteiger partial charge < -0.3 is 14.8 Å². The summed E-state index contributed by atoms with van der Waals surface area (Å²) in [5, 5.41) is 2.68. The number of amides is 1. The number of rotatable bonds is 8. The number of carbonyl (C=O) groups excluding carboxylic acids is 1. The molecule has 0 saturated carbocycles. The van der Waals surface area contributed by atoms with Gasteiger partial charge in [0.1, 0.15) is 11.6 Å². The van der Waals surface area contributed by atoms with Gasteiger partial charge in [0.2, 0.25) is 5.91 Å². The Balaban J connectivity index is 1.82. The predicted octanol–water partition coefficient (Wildman–Crippen LogP) is 3.92. The van der Waals surface area contributed by atoms with Crippen LogP contribution in [0.2, 0.25) is 0 Å². The number of pyridine rings is 1. The first-order valence-electron chi connectivity index (χ1n) is 7.95. The van der Waals surface area contributed by atoms with Crippen LogP contribution in [-0.2, 0) is 9.53 Å². The van der Waals surface area contributed by atoms with Crippen molar-refractivity contribution >= 4 is 11.7 Å². The number of anilines is 1. The molecule has 2 rings (SSSR count). The smallest absolute Gasteiger partial charge is 0.249 e. The number of nitrogens with one attached hydrogen (secondary N) is 1. The van der Waals surface area contributed by atoms with Gasteiger partial charge in [-0.3, -0.25) is 4.79 Å². The normalized spacial score (nSPS) is 12.4. The molecule has 1 atom stereocenters. The highest BCUT2D eigenvalue weighted by Crippen LogP contribution is 2.23. The average molecular weight is 338 g/mol. The van der Waals surface area contributed by atoms with Crippen molar-refractivity contribution in [3.05, 3.63) is 78.5 Å². The van der Waals surface area contributed by atoms with E-state index in [2.05, 4.69) is 10.3 Å². The lowest BCUT2D eigenvalue weighted by atomic mass is 10.1. The van der Waals surface area contributed by atoms with Crippen LogP contribution < -0.4 is 10.1 Å². The number of aromatic nitrogens is 1. The fourth-order valence-electron chi connectivity index (χ4n) is 2.22. The van der Waals surface area contributed by atoms with E-state index in [0.717, 1.165) is 11.3 Å². The van der Waals surface area contributed by atoms with E-state index in [1.807, 2.05) is 42.5 Å². The Hall–Kier alpha value is -2.92. The van der Waals surface area contributed by atoms with Gasteiger partial charge in [-0.05, 0) is 36.2 Å². The van der Waals surface area contributed by atoms with E-state index in [4.69, 9.17) is 9.47 Å². The first-order valence-corrected chi connectivity index (χ1v) is 7.95. The summed E-state index contributed by atoms with van der Waals surface area (Å²) >= 11 is 0. The van der Waals surface area contributed by atoms with Crippen LogP contribution in [0.1, 0.15) is 18.1 Å². The molecule has 1 amide bonds. The Morgan fingerprint density at radius 3 is 2.60 bits per heavy atom. The van der Waals surface area contributed by atoms with Crippen LogP contribution in [0.15, 0.2) is 73.0 Å². The number of hydrogen-bond acceptors (Lipinski definition) is 4. The highest BCUT2D eigenvalue weighted by Gasteiger charge is 2.08. The molecule has 5 heteroatoms. The third-order valence-corrected chi connectivity index (χ3v) is 3.53. The maximum absolute atomic E-state index is 11.7. The quantitative estimate of drug-likeness (QED) is 0.585. The van der Waals surface area contributed by atoms with E-state index in [0.29, 0.717) is 12.2 Å². The Morgan fingerprint density at radius 2 is 1.96 bits per heavy atom. The van der Waals surface area contributed by atoms with Gasteiger partial charge in [0, 0.05) is 19.4 Å². The van der Waals surface area contributed by atoms with Crippen molar-refractivity contribution in [2.24, 2.45) is 0 Å². The second kappa shape index (κ2) is 10.1. The number of ether oxygens (including phenoxy) is 2. The fourth-order valence-corrected chi connectivity index (χ4v) is 2.22. The van der Waals surface area contributed by atoms with Crippen LogP contribution in [0.25, 0.3) is 0 Å². The molecule has 25 heavy (non-hydrogen) atoms. The van der Waals surface area contributed by atoms with Crippen LogP contribution in [0.5, 0.6) is 5.75 Å². The van der Waals surface area contributed by atoms with E-state index < -0.39 is 0 Å². The molecule has 0 aliphatic carbocycles. The van der Waals surface area contributed by atoms with Gasteiger partial charge >= 0.3 is 0 Å². The standard InChI is InChI=1S/C20H22N2O3/c1-24-17-13-11-16(12-14-17)18(25-2)8-4-3-5-10-20(23)22-19-9-6-7-15-21-19/h3-7,9-15,18H,8H2,1-2H3,(H,21,22,23). The lowest BCUT2D eigenvalue weighted by Crippen LogP contribution is -2.08. The Bertz CT molecular complexity index is 709. The SMILES string of the molecule is COc1ccc(C(CC=CC=CC(=O)Nc2ccccn2)OC)cc1. The molecule has 0 aliphatic rings. The van der Waals surface area contributed by atoms with Crippen LogP contribution in [0, 0.1) is 0 Å². The minimum absolute atomic E-state index is 0.0436. The van der Waals surface area contributed by atoms with Crippen molar-refractivity contribution in [1.82, 2.24) is 4.98 Å². The van der Waals surface area contributed by atoms with Gasteiger partial charge in [0.25, 0.3) is 0 Å². The van der Waals surface area contributed by atoms with Crippen LogP contribution >= 0.6 is 0 Å². The first-order chi connectivity index (χ1) is 12.2. The Labute approximate surface area is 148 Å². The number of carbonyl (C=O) groups is 1. The molecule has 1 aromatic heterocycles. The van der Waals surface area contributed by atoms with Gasteiger partial charge in [-0.2, -0.15) is 0 Å². The van der Waals surface area contributed by atoms with Crippen molar-refractivity contribution in [1.29, 1.82) is 0 Å². The van der Waals surface area contributed by atoms with Crippen molar-refractivity contribution in [3.8, 4) is 5.75 Å². The molecule has 1 aromatic carbocycles. The van der Waals surface area contributed by atoms with Crippen LogP contribution in [0.4, 0.5) is 5.82 Å². The molecule has 1 unspecified atom stereocenters. The topological polar surface area (TPSA) is 60.5 Å². The van der Waals surface area contributed by atoms with Gasteiger partial charge in [-0.1, -0.05) is 36.4 Å². The van der Waals surface area contributed by atoms with Crippen LogP contribution in [-0.4, -0.2) is 25.1 Å². The van der Waals surface area contributed by atoms with E-state index >= 15 is 0 Å². The minimum Gasteiger partial charge on any atom is -0.497 e. The number of hydrogen-bond donors (Lipinski definition) is 1. The molecule has 5 nitrogen and oxygen atoms in total. The summed E-state index contributed by atoms with van der Waals surface area (Å²) in [4.78, 5) is 15.8. The third kappa shape index (κ3) is 6.24. The second-order valence-corrected chi connectivity index (χ2v) is 5.22. The van der Waals surface area contributed by atoms with E-state index in [1.165, 1.54) is 6.08 Å². The molecule has 0 saturated heterocycles. The molecular weight excluding hydrogens is 316 g/mol. The number of methoxy groups -OCH3 is 2. The molecule has 1 heterocycles. The van der Waals surface area contributed by atoms with E-state index in [-0.39, 0.29) is 12.0 Å². The third-order valence-electron chi connectivity index (χ3n) is 3.53. The zero-order chi connectivity index (χ0) is 17.9. The minimum atomic E-state index is -0.221. The molecule has 1 N–H and O–H groups in total. The average Bonchev–Trinajstić information content (AvgIpc) is 2.65. The maximum Gasteiger partial charge on any atom is 0.249 e. The number of allylic oxidation sites excluding steroid dienone is 2. The summed E-state index contributed by atoms with van der Waals surface area (Å²) in [6.45, 7) is 0. The summed E-state index contributed by atoms with van der Waals surface area (Å²) in [5.74, 6) is 1.12. The molecule has 0 aliphatic heterocycles. The number of benzene rings is 1. The molecule has 0 fully saturated rings. The lowest BCUT2D eigenvalue weighted by molar-refractivity contribution is -0.111. The first kappa shape index (κ1) is 18.4. The van der Waals surface area contributed by atoms with Crippen molar-refractivity contribution < 1.29 is 14.3 Å². The highest BCUT2D eigenvalue weighted by molar-refractivity contribution is 5.98. The van der Waals surface area contributed by atoms with E-state index in [1.54, 1.807) is 38.6 Å². The molecule has 0 bridgehead atoms. The molecule has 130 valence electrons. The largest absolute Gasteiger partial charge is 0.497 e. The Morgan fingerprint density at radius 1 is 1.16 bits per heavy atom. The van der Waals surface area contributed by atoms with Gasteiger partial charge in [0.05, 0.1) is 13.2 Å². The highest BCUT2D eigenvalue weighted by atomic mass is 16.5. The molecule has 0 spiro atoms. The summed E-state index contributed by atoms with van der Waals surface area (Å²) < 4.78 is 10.7. The van der Waals surface area contributed by atoms with Crippen LogP contribution in [0.3, 0.4) is 0 Å². The van der Waals surface area contributed by atoms with Crippen molar-refractivity contribution in [2.75, 3.05) is 19.5 Å². The van der Waals surface area contributed by atoms with Gasteiger partial charge in [-0.25, -0.2) is 4.98 Å². The molecule has 0 radical (unpaired) electrons. The van der Waals surface area contributed by atoms with Gasteiger partial charge in [0.15, 0.2) is 0 Å². The lowest BCUT2D eigenvalue weighted by Gasteiger charge is -2.14.